The van der Waals surface area contributed by atoms with Gasteiger partial charge in [0.15, 0.2) is 5.78 Å². The van der Waals surface area contributed by atoms with Gasteiger partial charge in [-0.25, -0.2) is 12.4 Å². The van der Waals surface area contributed by atoms with Crippen LogP contribution in [0.4, 0.5) is 0 Å². The molecule has 1 rings (SSSR count). The van der Waals surface area contributed by atoms with Crippen LogP contribution in [0.1, 0.15) is 17.4 Å². The zero-order valence-corrected chi connectivity index (χ0v) is 8.78. The van der Waals surface area contributed by atoms with Crippen LogP contribution in [-0.4, -0.2) is 30.5 Å². The lowest BCUT2D eigenvalue weighted by molar-refractivity contribution is 0.0962. The highest BCUT2D eigenvalue weighted by Crippen LogP contribution is 2.07. The quantitative estimate of drug-likeness (QED) is 0.711. The molecule has 0 aliphatic heterocycles. The Morgan fingerprint density at radius 1 is 1.57 bits per heavy atom. The molecule has 0 aliphatic carbocycles. The molecule has 1 aromatic rings. The summed E-state index contributed by atoms with van der Waals surface area (Å²) in [5.41, 5.74) is 5.48. The second-order valence-electron chi connectivity index (χ2n) is 3.11. The first kappa shape index (κ1) is 10.9. The summed E-state index contributed by atoms with van der Waals surface area (Å²) >= 11 is 0. The fourth-order valence-corrected chi connectivity index (χ4v) is 1.88. The molecule has 1 atom stereocenters. The lowest BCUT2D eigenvalue weighted by Crippen LogP contribution is -2.29. The number of carbonyl (C=O) groups excluding carboxylic acids is 1. The minimum absolute atomic E-state index is 0.0995. The number of aromatic nitrogens is 1. The summed E-state index contributed by atoms with van der Waals surface area (Å²) in [6.07, 6.45) is 2.36. The second-order valence-corrected chi connectivity index (χ2v) is 4.96. The maximum Gasteiger partial charge on any atom is 0.236 e. The van der Waals surface area contributed by atoms with Gasteiger partial charge in [-0.2, -0.15) is 0 Å². The van der Waals surface area contributed by atoms with Crippen LogP contribution in [0.5, 0.6) is 0 Å². The summed E-state index contributed by atoms with van der Waals surface area (Å²) in [5, 5.41) is 0. The van der Waals surface area contributed by atoms with E-state index in [1.807, 2.05) is 0 Å². The molecule has 0 saturated carbocycles. The van der Waals surface area contributed by atoms with Gasteiger partial charge in [0.25, 0.3) is 0 Å². The first-order chi connectivity index (χ1) is 6.34. The van der Waals surface area contributed by atoms with Gasteiger partial charge >= 0.3 is 0 Å². The molecule has 0 spiro atoms. The van der Waals surface area contributed by atoms with Gasteiger partial charge in [0.2, 0.25) is 10.0 Å². The van der Waals surface area contributed by atoms with Crippen molar-refractivity contribution in [1.82, 2.24) is 3.97 Å². The maximum absolute atomic E-state index is 11.5. The van der Waals surface area contributed by atoms with E-state index in [0.717, 1.165) is 10.2 Å². The summed E-state index contributed by atoms with van der Waals surface area (Å²) in [6, 6.07) is 2.23. The van der Waals surface area contributed by atoms with Crippen molar-refractivity contribution in [1.29, 1.82) is 0 Å². The SMILES string of the molecule is CC(N)C(=O)c1cccn1S(C)(=O)=O. The Morgan fingerprint density at radius 3 is 2.57 bits per heavy atom. The van der Waals surface area contributed by atoms with Crippen LogP contribution in [0, 0.1) is 0 Å². The minimum Gasteiger partial charge on any atom is -0.321 e. The molecule has 1 heterocycles. The number of nitrogens with two attached hydrogens (primary N) is 1. The van der Waals surface area contributed by atoms with E-state index >= 15 is 0 Å². The van der Waals surface area contributed by atoms with Gasteiger partial charge in [-0.3, -0.25) is 4.79 Å². The van der Waals surface area contributed by atoms with E-state index < -0.39 is 16.1 Å². The Hall–Kier alpha value is -1.14. The second kappa shape index (κ2) is 3.55. The number of ketones is 1. The molecule has 1 unspecified atom stereocenters. The third-order valence-electron chi connectivity index (χ3n) is 1.74. The molecule has 0 aliphatic rings. The minimum atomic E-state index is -3.43. The first-order valence-corrected chi connectivity index (χ1v) is 5.86. The van der Waals surface area contributed by atoms with E-state index in [4.69, 9.17) is 5.73 Å². The highest BCUT2D eigenvalue weighted by atomic mass is 32.2. The van der Waals surface area contributed by atoms with E-state index in [1.54, 1.807) is 0 Å². The number of rotatable bonds is 3. The summed E-state index contributed by atoms with van der Waals surface area (Å²) in [5.74, 6) is -0.388. The van der Waals surface area contributed by atoms with E-state index in [0.29, 0.717) is 0 Å². The maximum atomic E-state index is 11.5. The molecule has 1 aromatic heterocycles. The van der Waals surface area contributed by atoms with Crippen LogP contribution < -0.4 is 5.73 Å². The first-order valence-electron chi connectivity index (χ1n) is 4.01. The van der Waals surface area contributed by atoms with Crippen molar-refractivity contribution < 1.29 is 13.2 Å². The van der Waals surface area contributed by atoms with Gasteiger partial charge in [0.1, 0.15) is 5.69 Å². The molecule has 0 bridgehead atoms. The van der Waals surface area contributed by atoms with Gasteiger partial charge in [0.05, 0.1) is 12.3 Å². The van der Waals surface area contributed by atoms with E-state index in [-0.39, 0.29) is 11.5 Å². The summed E-state index contributed by atoms with van der Waals surface area (Å²) in [4.78, 5) is 11.5. The van der Waals surface area contributed by atoms with Crippen molar-refractivity contribution in [3.8, 4) is 0 Å². The third-order valence-corrected chi connectivity index (χ3v) is 2.77. The number of nitrogens with zero attached hydrogens (tertiary/aromatic N) is 1. The Morgan fingerprint density at radius 2 is 2.14 bits per heavy atom. The normalized spacial score (nSPS) is 13.9. The zero-order valence-electron chi connectivity index (χ0n) is 7.97. The number of Topliss-reactive ketones (excluding diaryl/α,β-unsaturated/α-hetero) is 1. The zero-order chi connectivity index (χ0) is 10.9. The molecule has 5 nitrogen and oxygen atoms in total. The van der Waals surface area contributed by atoms with Gasteiger partial charge in [-0.05, 0) is 19.1 Å². The fraction of sp³-hybridized carbons (Fsp3) is 0.375. The van der Waals surface area contributed by atoms with Crippen molar-refractivity contribution in [2.24, 2.45) is 5.73 Å². The average Bonchev–Trinajstić information content (AvgIpc) is 2.48. The molecule has 0 radical (unpaired) electrons. The van der Waals surface area contributed by atoms with Gasteiger partial charge in [-0.1, -0.05) is 0 Å². The van der Waals surface area contributed by atoms with E-state index in [1.165, 1.54) is 25.3 Å². The van der Waals surface area contributed by atoms with Crippen LogP contribution >= 0.6 is 0 Å². The van der Waals surface area contributed by atoms with Crippen molar-refractivity contribution in [2.45, 2.75) is 13.0 Å². The molecule has 0 fully saturated rings. The molecule has 2 N–H and O–H groups in total. The number of carbonyl (C=O) groups is 1. The van der Waals surface area contributed by atoms with Crippen LogP contribution in [-0.2, 0) is 10.0 Å². The van der Waals surface area contributed by atoms with Crippen LogP contribution in [0.3, 0.4) is 0 Å². The molecular weight excluding hydrogens is 204 g/mol. The predicted molar refractivity (Wildman–Crippen MR) is 52.7 cm³/mol. The molecule has 78 valence electrons. The van der Waals surface area contributed by atoms with Crippen LogP contribution in [0.2, 0.25) is 0 Å². The van der Waals surface area contributed by atoms with Crippen molar-refractivity contribution in [2.75, 3.05) is 6.26 Å². The van der Waals surface area contributed by atoms with Crippen molar-refractivity contribution >= 4 is 15.8 Å². The number of hydrogen-bond donors (Lipinski definition) is 1. The van der Waals surface area contributed by atoms with Crippen LogP contribution in [0.15, 0.2) is 18.3 Å². The van der Waals surface area contributed by atoms with Crippen LogP contribution in [0.25, 0.3) is 0 Å². The third kappa shape index (κ3) is 2.02. The molecule has 0 aromatic carbocycles. The molecule has 0 amide bonds. The smallest absolute Gasteiger partial charge is 0.236 e. The lowest BCUT2D eigenvalue weighted by atomic mass is 10.2. The molecule has 14 heavy (non-hydrogen) atoms. The monoisotopic (exact) mass is 216 g/mol. The van der Waals surface area contributed by atoms with E-state index in [2.05, 4.69) is 0 Å². The largest absolute Gasteiger partial charge is 0.321 e. The van der Waals surface area contributed by atoms with E-state index in [9.17, 15) is 13.2 Å². The van der Waals surface area contributed by atoms with Gasteiger partial charge in [0, 0.05) is 6.20 Å². The number of hydrogen-bond acceptors (Lipinski definition) is 4. The summed E-state index contributed by atoms with van der Waals surface area (Å²) in [6.45, 7) is 1.52. The Labute approximate surface area is 82.6 Å². The predicted octanol–water partition coefficient (Wildman–Crippen LogP) is -0.174. The average molecular weight is 216 g/mol. The highest BCUT2D eigenvalue weighted by molar-refractivity contribution is 7.89. The topological polar surface area (TPSA) is 82.2 Å². The fourth-order valence-electron chi connectivity index (χ4n) is 1.08. The lowest BCUT2D eigenvalue weighted by Gasteiger charge is -2.07. The molecular formula is C8H12N2O3S. The molecule has 0 saturated heterocycles. The standard InChI is InChI=1S/C8H12N2O3S/c1-6(9)8(11)7-4-3-5-10(7)14(2,12)13/h3-6H,9H2,1-2H3. The van der Waals surface area contributed by atoms with Crippen molar-refractivity contribution in [3.63, 3.8) is 0 Å². The van der Waals surface area contributed by atoms with Crippen molar-refractivity contribution in [3.05, 3.63) is 24.0 Å². The Balaban J connectivity index is 3.25. The molecule has 6 heteroatoms. The van der Waals surface area contributed by atoms with Gasteiger partial charge < -0.3 is 5.73 Å². The van der Waals surface area contributed by atoms with Gasteiger partial charge in [-0.15, -0.1) is 0 Å². The Kier molecular flexibility index (Phi) is 2.77. The summed E-state index contributed by atoms with van der Waals surface area (Å²) < 4.78 is 23.4. The summed E-state index contributed by atoms with van der Waals surface area (Å²) in [7, 11) is -3.43. The Bertz CT molecular complexity index is 445. The highest BCUT2D eigenvalue weighted by Gasteiger charge is 2.18.